The van der Waals surface area contributed by atoms with Gasteiger partial charge in [-0.2, -0.15) is 0 Å². The normalized spacial score (nSPS) is 25.8. The zero-order valence-corrected chi connectivity index (χ0v) is 12.9. The van der Waals surface area contributed by atoms with Crippen molar-refractivity contribution in [2.75, 3.05) is 6.17 Å². The highest BCUT2D eigenvalue weighted by Crippen LogP contribution is 2.41. The van der Waals surface area contributed by atoms with Crippen molar-refractivity contribution < 1.29 is 19.4 Å². The first-order valence-electron chi connectivity index (χ1n) is 6.95. The fourth-order valence-corrected chi connectivity index (χ4v) is 8.67. The fourth-order valence-electron chi connectivity index (χ4n) is 3.28. The molecule has 0 aromatic heterocycles. The van der Waals surface area contributed by atoms with E-state index in [2.05, 4.69) is 0 Å². The van der Waals surface area contributed by atoms with Gasteiger partial charge in [0.05, 0.1) is 8.07 Å². The number of ether oxygens (including phenoxy) is 1. The number of rotatable bonds is 1. The van der Waals surface area contributed by atoms with Crippen molar-refractivity contribution in [3.8, 4) is 0 Å². The summed E-state index contributed by atoms with van der Waals surface area (Å²) in [4.78, 5) is 25.1. The summed E-state index contributed by atoms with van der Waals surface area (Å²) in [6.07, 6.45) is 2.59. The second kappa shape index (κ2) is 4.81. The minimum absolute atomic E-state index is 0.462. The number of carbonyl (C=O) groups excluding carboxylic acids is 1. The molecule has 0 unspecified atom stereocenters. The number of hydrogen-bond acceptors (Lipinski definition) is 3. The van der Waals surface area contributed by atoms with Crippen LogP contribution in [0.15, 0.2) is 0 Å². The third kappa shape index (κ3) is 3.10. The maximum absolute atomic E-state index is 12.2. The summed E-state index contributed by atoms with van der Waals surface area (Å²) in [5, 5.41) is 9.35. The summed E-state index contributed by atoms with van der Waals surface area (Å²) >= 11 is 0. The van der Waals surface area contributed by atoms with E-state index in [0.29, 0.717) is 12.2 Å². The molecular weight excluding hydrogens is 262 g/mol. The molecule has 2 aliphatic heterocycles. The zero-order valence-electron chi connectivity index (χ0n) is 11.9. The third-order valence-corrected chi connectivity index (χ3v) is 9.18. The van der Waals surface area contributed by atoms with Crippen LogP contribution in [0.1, 0.15) is 33.6 Å². The van der Waals surface area contributed by atoms with E-state index in [4.69, 9.17) is 4.74 Å². The molecule has 2 fully saturated rings. The number of aliphatic carboxylic acids is 1. The second-order valence-electron chi connectivity index (χ2n) is 6.87. The molecule has 2 aliphatic rings. The first-order chi connectivity index (χ1) is 8.72. The average Bonchev–Trinajstić information content (AvgIpc) is 2.84. The molecule has 2 saturated heterocycles. The molecule has 1 N–H and O–H groups in total. The molecule has 1 atom stereocenters. The first-order valence-corrected chi connectivity index (χ1v) is 9.78. The minimum Gasteiger partial charge on any atom is -0.480 e. The smallest absolute Gasteiger partial charge is 0.410 e. The fraction of sp³-hybridized carbons (Fsp3) is 0.846. The van der Waals surface area contributed by atoms with Crippen molar-refractivity contribution in [1.29, 1.82) is 0 Å². The summed E-state index contributed by atoms with van der Waals surface area (Å²) in [7, 11) is -1.55. The summed E-state index contributed by atoms with van der Waals surface area (Å²) in [5.41, 5.74) is -0.576. The van der Waals surface area contributed by atoms with Gasteiger partial charge in [0.25, 0.3) is 0 Å². The summed E-state index contributed by atoms with van der Waals surface area (Å²) in [6, 6.07) is 2.37. The lowest BCUT2D eigenvalue weighted by molar-refractivity contribution is -0.141. The van der Waals surface area contributed by atoms with Crippen molar-refractivity contribution in [3.63, 3.8) is 0 Å². The largest absolute Gasteiger partial charge is 0.480 e. The predicted octanol–water partition coefficient (Wildman–Crippen LogP) is 2.47. The van der Waals surface area contributed by atoms with Gasteiger partial charge >= 0.3 is 12.1 Å². The highest BCUT2D eigenvalue weighted by Gasteiger charge is 2.52. The van der Waals surface area contributed by atoms with Crippen LogP contribution in [0.2, 0.25) is 18.1 Å². The molecule has 0 bridgehead atoms. The van der Waals surface area contributed by atoms with Crippen LogP contribution in [-0.4, -0.2) is 48.0 Å². The number of nitrogens with zero attached hydrogens (tertiary/aromatic N) is 1. The third-order valence-electron chi connectivity index (χ3n) is 4.09. The topological polar surface area (TPSA) is 66.8 Å². The van der Waals surface area contributed by atoms with Gasteiger partial charge in [0, 0.05) is 6.17 Å². The van der Waals surface area contributed by atoms with Gasteiger partial charge in [-0.3, -0.25) is 4.90 Å². The molecule has 0 saturated carbocycles. The summed E-state index contributed by atoms with van der Waals surface area (Å²) in [6.45, 7) is 5.42. The van der Waals surface area contributed by atoms with Crippen molar-refractivity contribution in [2.24, 2.45) is 0 Å². The van der Waals surface area contributed by atoms with Gasteiger partial charge in [0.15, 0.2) is 0 Å². The van der Waals surface area contributed by atoms with Crippen LogP contribution in [0.4, 0.5) is 4.79 Å². The molecule has 5 nitrogen and oxygen atoms in total. The van der Waals surface area contributed by atoms with E-state index >= 15 is 0 Å². The Labute approximate surface area is 114 Å². The van der Waals surface area contributed by atoms with Crippen molar-refractivity contribution in [3.05, 3.63) is 0 Å². The number of carboxylic acids is 1. The lowest BCUT2D eigenvalue weighted by Gasteiger charge is -2.27. The molecule has 0 aromatic rings. The Kier molecular flexibility index (Phi) is 3.64. The van der Waals surface area contributed by atoms with E-state index in [0.717, 1.165) is 12.1 Å². The van der Waals surface area contributed by atoms with Gasteiger partial charge in [-0.25, -0.2) is 9.59 Å². The highest BCUT2D eigenvalue weighted by molar-refractivity contribution is 6.82. The Morgan fingerprint density at radius 3 is 2.32 bits per heavy atom. The number of hydrogen-bond donors (Lipinski definition) is 1. The van der Waals surface area contributed by atoms with Crippen LogP contribution < -0.4 is 0 Å². The van der Waals surface area contributed by atoms with E-state index in [1.54, 1.807) is 20.8 Å². The first kappa shape index (κ1) is 14.4. The molecule has 2 rings (SSSR count). The van der Waals surface area contributed by atoms with Crippen LogP contribution in [0.3, 0.4) is 0 Å². The number of amides is 1. The van der Waals surface area contributed by atoms with E-state index in [-0.39, 0.29) is 0 Å². The van der Waals surface area contributed by atoms with Gasteiger partial charge in [0.1, 0.15) is 11.6 Å². The lowest BCUT2D eigenvalue weighted by atomic mass is 10.2. The standard InChI is InChI=1S/C13H23NO4Si/c1-13(2,3)18-12(17)14-9-19(6-4-5-7-19)8-10(14)11(15)16/h10H,4-9H2,1-3H3,(H,15,16)/t10-/m1/s1. The number of carboxylic acid groups (broad SMARTS) is 1. The lowest BCUT2D eigenvalue weighted by Crippen LogP contribution is -2.44. The Hall–Kier alpha value is -1.04. The van der Waals surface area contributed by atoms with Crippen LogP contribution in [0.25, 0.3) is 0 Å². The van der Waals surface area contributed by atoms with Gasteiger partial charge in [-0.05, 0) is 26.8 Å². The maximum atomic E-state index is 12.2. The molecule has 2 heterocycles. The Bertz CT molecular complexity index is 385. The van der Waals surface area contributed by atoms with E-state index in [1.165, 1.54) is 17.7 Å². The van der Waals surface area contributed by atoms with E-state index < -0.39 is 31.8 Å². The summed E-state index contributed by atoms with van der Waals surface area (Å²) in [5.74, 6) is -0.887. The second-order valence-corrected chi connectivity index (χ2v) is 11.6. The number of carbonyl (C=O) groups is 2. The summed E-state index contributed by atoms with van der Waals surface area (Å²) < 4.78 is 5.35. The van der Waals surface area contributed by atoms with Crippen molar-refractivity contribution >= 4 is 20.1 Å². The Morgan fingerprint density at radius 2 is 1.84 bits per heavy atom. The van der Waals surface area contributed by atoms with Crippen LogP contribution in [-0.2, 0) is 9.53 Å². The van der Waals surface area contributed by atoms with E-state index in [1.807, 2.05) is 0 Å². The molecular formula is C13H23NO4Si. The van der Waals surface area contributed by atoms with Crippen LogP contribution in [0.5, 0.6) is 0 Å². The van der Waals surface area contributed by atoms with Crippen LogP contribution >= 0.6 is 0 Å². The minimum atomic E-state index is -1.55. The van der Waals surface area contributed by atoms with Crippen molar-refractivity contribution in [2.45, 2.75) is 63.4 Å². The highest BCUT2D eigenvalue weighted by atomic mass is 28.3. The molecule has 6 heteroatoms. The molecule has 1 spiro atoms. The van der Waals surface area contributed by atoms with Crippen LogP contribution in [0, 0.1) is 0 Å². The Balaban J connectivity index is 2.13. The molecule has 108 valence electrons. The van der Waals surface area contributed by atoms with Gasteiger partial charge in [-0.15, -0.1) is 0 Å². The van der Waals surface area contributed by atoms with E-state index in [9.17, 15) is 14.7 Å². The molecule has 0 aromatic carbocycles. The SMILES string of the molecule is CC(C)(C)OC(=O)N1C[Si]2(CCCC2)C[C@@H]1C(=O)O. The monoisotopic (exact) mass is 285 g/mol. The van der Waals surface area contributed by atoms with Gasteiger partial charge < -0.3 is 9.84 Å². The van der Waals surface area contributed by atoms with Gasteiger partial charge in [-0.1, -0.05) is 24.9 Å². The molecule has 0 radical (unpaired) electrons. The molecule has 19 heavy (non-hydrogen) atoms. The van der Waals surface area contributed by atoms with Crippen molar-refractivity contribution in [1.82, 2.24) is 4.90 Å². The van der Waals surface area contributed by atoms with Gasteiger partial charge in [0.2, 0.25) is 0 Å². The Morgan fingerprint density at radius 1 is 1.26 bits per heavy atom. The maximum Gasteiger partial charge on any atom is 0.410 e. The molecule has 1 amide bonds. The predicted molar refractivity (Wildman–Crippen MR) is 73.8 cm³/mol. The molecule has 0 aliphatic carbocycles. The average molecular weight is 285 g/mol. The zero-order chi connectivity index (χ0) is 14.3. The quantitative estimate of drug-likeness (QED) is 0.752.